The van der Waals surface area contributed by atoms with Crippen LogP contribution in [0.15, 0.2) is 59.9 Å². The van der Waals surface area contributed by atoms with E-state index < -0.39 is 0 Å². The lowest BCUT2D eigenvalue weighted by molar-refractivity contribution is 0.762. The first kappa shape index (κ1) is 15.6. The second kappa shape index (κ2) is 5.98. The molecule has 0 unspecified atom stereocenters. The van der Waals surface area contributed by atoms with Gasteiger partial charge in [0.05, 0.1) is 11.6 Å². The molecule has 0 atom stereocenters. The summed E-state index contributed by atoms with van der Waals surface area (Å²) >= 11 is 0. The number of likely N-dealkylation sites (N-methyl/N-ethyl adjacent to an activating group) is 1. The number of hydrogen-bond acceptors (Lipinski definition) is 6. The average molecular weight is 356 g/mol. The highest BCUT2D eigenvalue weighted by molar-refractivity contribution is 5.87. The molecule has 0 bridgehead atoms. The molecule has 0 fully saturated rings. The van der Waals surface area contributed by atoms with E-state index in [2.05, 4.69) is 32.0 Å². The second-order valence-electron chi connectivity index (χ2n) is 6.54. The molecule has 1 aromatic carbocycles. The van der Waals surface area contributed by atoms with Crippen LogP contribution in [0.3, 0.4) is 0 Å². The predicted molar refractivity (Wildman–Crippen MR) is 103 cm³/mol. The minimum Gasteiger partial charge on any atom is -0.359 e. The van der Waals surface area contributed by atoms with Gasteiger partial charge in [-0.1, -0.05) is 6.07 Å². The van der Waals surface area contributed by atoms with Crippen LogP contribution in [0.1, 0.15) is 5.56 Å². The van der Waals surface area contributed by atoms with Gasteiger partial charge in [-0.25, -0.2) is 15.0 Å². The van der Waals surface area contributed by atoms with Crippen molar-refractivity contribution in [3.05, 3.63) is 71.0 Å². The van der Waals surface area contributed by atoms with Crippen molar-refractivity contribution in [2.75, 3.05) is 18.5 Å². The molecule has 4 aromatic rings. The summed E-state index contributed by atoms with van der Waals surface area (Å²) in [7, 11) is 2.06. The van der Waals surface area contributed by atoms with Crippen molar-refractivity contribution in [2.45, 2.75) is 6.42 Å². The molecule has 1 aliphatic heterocycles. The lowest BCUT2D eigenvalue weighted by atomic mass is 9.98. The third-order valence-corrected chi connectivity index (χ3v) is 4.93. The lowest BCUT2D eigenvalue weighted by Crippen LogP contribution is -2.22. The van der Waals surface area contributed by atoms with Crippen molar-refractivity contribution in [3.63, 3.8) is 0 Å². The fourth-order valence-electron chi connectivity index (χ4n) is 3.57. The van der Waals surface area contributed by atoms with Crippen LogP contribution >= 0.6 is 0 Å². The Morgan fingerprint density at radius 1 is 1.04 bits per heavy atom. The van der Waals surface area contributed by atoms with Gasteiger partial charge in [-0.3, -0.25) is 4.79 Å². The summed E-state index contributed by atoms with van der Waals surface area (Å²) in [5, 5.41) is 5.63. The number of nitrogens with zero attached hydrogens (tertiary/aromatic N) is 6. The topological polar surface area (TPSA) is 76.8 Å². The third-order valence-electron chi connectivity index (χ3n) is 4.93. The van der Waals surface area contributed by atoms with E-state index in [4.69, 9.17) is 0 Å². The molecule has 7 heteroatoms. The van der Waals surface area contributed by atoms with E-state index >= 15 is 0 Å². The molecular weight excluding hydrogens is 340 g/mol. The van der Waals surface area contributed by atoms with Gasteiger partial charge in [0, 0.05) is 43.1 Å². The van der Waals surface area contributed by atoms with Crippen LogP contribution in [0.5, 0.6) is 0 Å². The van der Waals surface area contributed by atoms with E-state index in [1.54, 1.807) is 24.7 Å². The fraction of sp³-hybridized carbons (Fsp3) is 0.150. The van der Waals surface area contributed by atoms with Crippen molar-refractivity contribution in [2.24, 2.45) is 0 Å². The number of fused-ring (bicyclic) bond motifs is 2. The predicted octanol–water partition coefficient (Wildman–Crippen LogP) is 2.23. The highest BCUT2D eigenvalue weighted by Gasteiger charge is 2.21. The minimum atomic E-state index is -0.232. The highest BCUT2D eigenvalue weighted by Crippen LogP contribution is 2.34. The number of aromatic nitrogens is 5. The van der Waals surface area contributed by atoms with E-state index in [1.165, 1.54) is 10.2 Å². The molecule has 27 heavy (non-hydrogen) atoms. The van der Waals surface area contributed by atoms with Crippen LogP contribution in [0.25, 0.3) is 27.8 Å². The highest BCUT2D eigenvalue weighted by atomic mass is 16.1. The summed E-state index contributed by atoms with van der Waals surface area (Å²) in [6, 6.07) is 9.57. The minimum absolute atomic E-state index is 0.232. The van der Waals surface area contributed by atoms with Gasteiger partial charge >= 0.3 is 0 Å². The average Bonchev–Trinajstić information content (AvgIpc) is 3.10. The first-order chi connectivity index (χ1) is 13.2. The van der Waals surface area contributed by atoms with Gasteiger partial charge in [-0.15, -0.1) is 0 Å². The van der Waals surface area contributed by atoms with Gasteiger partial charge in [0.2, 0.25) is 0 Å². The van der Waals surface area contributed by atoms with Gasteiger partial charge in [0.1, 0.15) is 5.82 Å². The van der Waals surface area contributed by atoms with Crippen LogP contribution < -0.4 is 10.5 Å². The number of benzene rings is 1. The molecule has 0 N–H and O–H groups in total. The van der Waals surface area contributed by atoms with Gasteiger partial charge in [-0.2, -0.15) is 9.78 Å². The van der Waals surface area contributed by atoms with Crippen molar-refractivity contribution < 1.29 is 0 Å². The number of anilines is 1. The van der Waals surface area contributed by atoms with E-state index in [-0.39, 0.29) is 11.5 Å². The summed E-state index contributed by atoms with van der Waals surface area (Å²) in [6.45, 7) is 0.969. The molecule has 0 spiro atoms. The maximum atomic E-state index is 12.8. The van der Waals surface area contributed by atoms with E-state index in [0.717, 1.165) is 35.3 Å². The first-order valence-corrected chi connectivity index (χ1v) is 8.71. The Hall–Kier alpha value is -3.61. The van der Waals surface area contributed by atoms with E-state index in [1.807, 2.05) is 30.5 Å². The van der Waals surface area contributed by atoms with Crippen LogP contribution in [0, 0.1) is 0 Å². The molecule has 0 radical (unpaired) electrons. The Kier molecular flexibility index (Phi) is 3.46. The maximum Gasteiger partial charge on any atom is 0.282 e. The SMILES string of the molecule is CN1CCc2c(-c3ccc4c(=O)n(-c5ncccn5)ncc4c3)ccnc21. The number of pyridine rings is 1. The van der Waals surface area contributed by atoms with Gasteiger partial charge in [0.15, 0.2) is 0 Å². The Morgan fingerprint density at radius 2 is 1.89 bits per heavy atom. The van der Waals surface area contributed by atoms with E-state index in [9.17, 15) is 4.79 Å². The Labute approximate surface area is 155 Å². The molecule has 0 aliphatic carbocycles. The van der Waals surface area contributed by atoms with Crippen molar-refractivity contribution in [3.8, 4) is 17.1 Å². The molecule has 7 nitrogen and oxygen atoms in total. The molecule has 1 aliphatic rings. The standard InChI is InChI=1S/C20H16N6O/c1-25-10-6-17-15(5-9-21-18(17)25)13-3-4-16-14(11-13)12-24-26(19(16)27)20-22-7-2-8-23-20/h2-5,7-9,11-12H,6,10H2,1H3. The summed E-state index contributed by atoms with van der Waals surface area (Å²) in [6.07, 6.45) is 7.67. The van der Waals surface area contributed by atoms with Crippen molar-refractivity contribution in [1.29, 1.82) is 0 Å². The largest absolute Gasteiger partial charge is 0.359 e. The van der Waals surface area contributed by atoms with Gasteiger partial charge < -0.3 is 4.90 Å². The summed E-state index contributed by atoms with van der Waals surface area (Å²) in [5.41, 5.74) is 3.23. The molecule has 0 saturated heterocycles. The molecule has 5 rings (SSSR count). The van der Waals surface area contributed by atoms with Crippen LogP contribution in [0.2, 0.25) is 0 Å². The zero-order valence-corrected chi connectivity index (χ0v) is 14.7. The molecular formula is C20H16N6O. The Bertz CT molecular complexity index is 1220. The molecule has 0 amide bonds. The normalized spacial score (nSPS) is 13.1. The number of rotatable bonds is 2. The second-order valence-corrected chi connectivity index (χ2v) is 6.54. The van der Waals surface area contributed by atoms with Gasteiger partial charge in [0.25, 0.3) is 11.5 Å². The molecule has 132 valence electrons. The Balaban J connectivity index is 1.65. The molecule has 0 saturated carbocycles. The smallest absolute Gasteiger partial charge is 0.282 e. The summed E-state index contributed by atoms with van der Waals surface area (Å²) < 4.78 is 1.22. The number of hydrogen-bond donors (Lipinski definition) is 0. The summed E-state index contributed by atoms with van der Waals surface area (Å²) in [5.74, 6) is 1.30. The van der Waals surface area contributed by atoms with E-state index in [0.29, 0.717) is 5.39 Å². The molecule has 4 heterocycles. The van der Waals surface area contributed by atoms with Crippen LogP contribution in [-0.4, -0.2) is 38.3 Å². The summed E-state index contributed by atoms with van der Waals surface area (Å²) in [4.78, 5) is 27.7. The first-order valence-electron chi connectivity index (χ1n) is 8.71. The van der Waals surface area contributed by atoms with Crippen molar-refractivity contribution >= 4 is 16.6 Å². The van der Waals surface area contributed by atoms with Gasteiger partial charge in [-0.05, 0) is 41.8 Å². The fourth-order valence-corrected chi connectivity index (χ4v) is 3.57. The van der Waals surface area contributed by atoms with Crippen LogP contribution in [0.4, 0.5) is 5.82 Å². The van der Waals surface area contributed by atoms with Crippen LogP contribution in [-0.2, 0) is 6.42 Å². The Morgan fingerprint density at radius 3 is 2.74 bits per heavy atom. The monoisotopic (exact) mass is 356 g/mol. The zero-order chi connectivity index (χ0) is 18.4. The zero-order valence-electron chi connectivity index (χ0n) is 14.7. The molecule has 3 aromatic heterocycles. The third kappa shape index (κ3) is 2.47. The van der Waals surface area contributed by atoms with Crippen molar-refractivity contribution in [1.82, 2.24) is 24.7 Å². The lowest BCUT2D eigenvalue weighted by Gasteiger charge is -2.12. The quantitative estimate of drug-likeness (QED) is 0.548. The maximum absolute atomic E-state index is 12.8.